The van der Waals surface area contributed by atoms with Gasteiger partial charge < -0.3 is 9.47 Å². The Labute approximate surface area is 147 Å². The van der Waals surface area contributed by atoms with E-state index in [1.807, 2.05) is 54.6 Å². The summed E-state index contributed by atoms with van der Waals surface area (Å²) in [6.45, 7) is 0.397. The van der Waals surface area contributed by atoms with Crippen molar-refractivity contribution in [1.82, 2.24) is 0 Å². The van der Waals surface area contributed by atoms with Crippen LogP contribution in [0.15, 0.2) is 75.3 Å². The molecular weight excluding hydrogens is 370 g/mol. The van der Waals surface area contributed by atoms with Gasteiger partial charge in [0.15, 0.2) is 5.70 Å². The van der Waals surface area contributed by atoms with Crippen LogP contribution in [0.2, 0.25) is 0 Å². The van der Waals surface area contributed by atoms with Gasteiger partial charge in [-0.25, -0.2) is 9.79 Å². The Morgan fingerprint density at radius 3 is 2.75 bits per heavy atom. The number of esters is 1. The van der Waals surface area contributed by atoms with Crippen LogP contribution in [0, 0.1) is 0 Å². The van der Waals surface area contributed by atoms with E-state index in [2.05, 4.69) is 20.9 Å². The molecule has 0 spiro atoms. The first-order valence-corrected chi connectivity index (χ1v) is 8.20. The lowest BCUT2D eigenvalue weighted by molar-refractivity contribution is -0.130. The number of para-hydroxylation sites is 1. The predicted octanol–water partition coefficient (Wildman–Crippen LogP) is 4.11. The molecule has 0 N–H and O–H groups in total. The van der Waals surface area contributed by atoms with Crippen LogP contribution in [0.5, 0.6) is 5.75 Å². The van der Waals surface area contributed by atoms with E-state index in [9.17, 15) is 4.79 Å². The van der Waals surface area contributed by atoms with Gasteiger partial charge in [-0.15, -0.1) is 0 Å². The molecule has 24 heavy (non-hydrogen) atoms. The summed E-state index contributed by atoms with van der Waals surface area (Å²) >= 11 is 3.44. The first-order chi connectivity index (χ1) is 11.7. The summed E-state index contributed by atoms with van der Waals surface area (Å²) in [4.78, 5) is 16.4. The fourth-order valence-corrected chi connectivity index (χ4v) is 3.01. The molecule has 0 saturated carbocycles. The van der Waals surface area contributed by atoms with Gasteiger partial charge in [0.1, 0.15) is 12.4 Å². The minimum Gasteiger partial charge on any atom is -0.488 e. The normalized spacial score (nSPS) is 17.7. The zero-order valence-corrected chi connectivity index (χ0v) is 14.1. The summed E-state index contributed by atoms with van der Waals surface area (Å²) in [5.74, 6) is 0.683. The van der Waals surface area contributed by atoms with E-state index in [1.165, 1.54) is 0 Å². The Hall–Kier alpha value is -2.66. The van der Waals surface area contributed by atoms with Gasteiger partial charge in [0.2, 0.25) is 5.90 Å². The van der Waals surface area contributed by atoms with Gasteiger partial charge in [-0.3, -0.25) is 0 Å². The van der Waals surface area contributed by atoms with Crippen LogP contribution in [0.3, 0.4) is 0 Å². The largest absolute Gasteiger partial charge is 0.488 e. The first kappa shape index (κ1) is 14.9. The van der Waals surface area contributed by atoms with E-state index < -0.39 is 5.97 Å². The van der Waals surface area contributed by atoms with Gasteiger partial charge in [0.25, 0.3) is 0 Å². The van der Waals surface area contributed by atoms with E-state index in [0.29, 0.717) is 12.5 Å². The van der Waals surface area contributed by atoms with Crippen LogP contribution in [0.4, 0.5) is 0 Å². The lowest BCUT2D eigenvalue weighted by Gasteiger charge is -2.15. The third kappa shape index (κ3) is 2.78. The zero-order chi connectivity index (χ0) is 16.5. The average Bonchev–Trinajstić information content (AvgIpc) is 2.96. The summed E-state index contributed by atoms with van der Waals surface area (Å²) in [6, 6.07) is 15.2. The molecule has 0 fully saturated rings. The van der Waals surface area contributed by atoms with Crippen LogP contribution in [0.1, 0.15) is 11.1 Å². The molecule has 0 atom stereocenters. The highest BCUT2D eigenvalue weighted by atomic mass is 79.9. The number of carbonyl (C=O) groups is 1. The molecule has 2 aromatic rings. The van der Waals surface area contributed by atoms with Crippen LogP contribution < -0.4 is 4.74 Å². The Morgan fingerprint density at radius 2 is 1.88 bits per heavy atom. The second-order valence-electron chi connectivity index (χ2n) is 5.36. The van der Waals surface area contributed by atoms with Crippen molar-refractivity contribution in [2.45, 2.75) is 0 Å². The van der Waals surface area contributed by atoms with Crippen molar-refractivity contribution in [2.24, 2.45) is 4.99 Å². The van der Waals surface area contributed by atoms with Crippen molar-refractivity contribution in [3.8, 4) is 5.75 Å². The van der Waals surface area contributed by atoms with Crippen LogP contribution >= 0.6 is 15.9 Å². The highest BCUT2D eigenvalue weighted by Crippen LogP contribution is 2.28. The number of carbonyl (C=O) groups excluding carboxylic acids is 1. The van der Waals surface area contributed by atoms with Crippen molar-refractivity contribution in [3.63, 3.8) is 0 Å². The maximum absolute atomic E-state index is 12.1. The molecule has 2 aliphatic rings. The molecule has 0 aliphatic carbocycles. The molecule has 0 amide bonds. The summed E-state index contributed by atoms with van der Waals surface area (Å²) in [5, 5.41) is 0. The van der Waals surface area contributed by atoms with E-state index in [-0.39, 0.29) is 5.70 Å². The molecule has 2 aromatic carbocycles. The number of benzene rings is 2. The van der Waals surface area contributed by atoms with Gasteiger partial charge in [-0.05, 0) is 51.9 Å². The number of hydrogen-bond acceptors (Lipinski definition) is 4. The highest BCUT2D eigenvalue weighted by Gasteiger charge is 2.26. The maximum Gasteiger partial charge on any atom is 0.363 e. The fraction of sp³-hybridized carbons (Fsp3) is 0.0526. The molecular formula is C19H12BrNO3. The number of halogens is 1. The quantitative estimate of drug-likeness (QED) is 0.580. The van der Waals surface area contributed by atoms with E-state index in [0.717, 1.165) is 26.9 Å². The number of hydrogen-bond donors (Lipinski definition) is 0. The number of rotatable bonds is 2. The zero-order valence-electron chi connectivity index (χ0n) is 12.5. The number of nitrogens with zero attached hydrogens (tertiary/aromatic N) is 1. The number of ether oxygens (including phenoxy) is 2. The lowest BCUT2D eigenvalue weighted by atomic mass is 10.1. The van der Waals surface area contributed by atoms with Crippen molar-refractivity contribution in [3.05, 3.63) is 81.5 Å². The van der Waals surface area contributed by atoms with Crippen molar-refractivity contribution >= 4 is 33.9 Å². The lowest BCUT2D eigenvalue weighted by Crippen LogP contribution is -2.08. The van der Waals surface area contributed by atoms with E-state index >= 15 is 0 Å². The summed E-state index contributed by atoms with van der Waals surface area (Å²) < 4.78 is 11.8. The van der Waals surface area contributed by atoms with E-state index in [1.54, 1.807) is 6.08 Å². The maximum atomic E-state index is 12.1. The molecule has 4 rings (SSSR count). The van der Waals surface area contributed by atoms with Gasteiger partial charge >= 0.3 is 5.97 Å². The van der Waals surface area contributed by atoms with Gasteiger partial charge in [-0.1, -0.05) is 30.3 Å². The minimum atomic E-state index is -0.458. The molecule has 0 unspecified atom stereocenters. The molecule has 118 valence electrons. The second-order valence-corrected chi connectivity index (χ2v) is 6.22. The molecule has 5 heteroatoms. The third-order valence-corrected chi connectivity index (χ3v) is 4.39. The first-order valence-electron chi connectivity index (χ1n) is 7.40. The van der Waals surface area contributed by atoms with Gasteiger partial charge in [-0.2, -0.15) is 0 Å². The van der Waals surface area contributed by atoms with Crippen LogP contribution in [-0.4, -0.2) is 18.5 Å². The highest BCUT2D eigenvalue weighted by molar-refractivity contribution is 9.10. The third-order valence-electron chi connectivity index (χ3n) is 3.70. The van der Waals surface area contributed by atoms with E-state index in [4.69, 9.17) is 9.47 Å². The summed E-state index contributed by atoms with van der Waals surface area (Å²) in [5.41, 5.74) is 2.87. The predicted molar refractivity (Wildman–Crippen MR) is 94.8 cm³/mol. The van der Waals surface area contributed by atoms with Gasteiger partial charge in [0.05, 0.1) is 5.56 Å². The molecule has 2 heterocycles. The standard InChI is InChI=1S/C19H12BrNO3/c20-15-7-3-2-6-14(15)18-21-16(19(22)24-18)10-12-9-13-5-1-4-8-17(13)23-11-12/h1-10H,11H2/b16-10+. The molecule has 2 aliphatic heterocycles. The second kappa shape index (κ2) is 6.09. The summed E-state index contributed by atoms with van der Waals surface area (Å²) in [7, 11) is 0. The van der Waals surface area contributed by atoms with Crippen molar-refractivity contribution < 1.29 is 14.3 Å². The number of cyclic esters (lactones) is 1. The Balaban J connectivity index is 1.67. The van der Waals surface area contributed by atoms with Crippen molar-refractivity contribution in [1.29, 1.82) is 0 Å². The topological polar surface area (TPSA) is 47.9 Å². The van der Waals surface area contributed by atoms with Crippen LogP contribution in [-0.2, 0) is 9.53 Å². The van der Waals surface area contributed by atoms with Crippen molar-refractivity contribution in [2.75, 3.05) is 6.61 Å². The number of fused-ring (bicyclic) bond motifs is 1. The minimum absolute atomic E-state index is 0.273. The summed E-state index contributed by atoms with van der Waals surface area (Å²) in [6.07, 6.45) is 3.70. The fourth-order valence-electron chi connectivity index (χ4n) is 2.55. The van der Waals surface area contributed by atoms with Crippen LogP contribution in [0.25, 0.3) is 6.08 Å². The SMILES string of the molecule is O=C1OC(c2ccccc2Br)=N/C1=C/C1=Cc2ccccc2OC1. The van der Waals surface area contributed by atoms with Gasteiger partial charge in [0, 0.05) is 10.0 Å². The molecule has 0 bridgehead atoms. The Bertz CT molecular complexity index is 928. The Morgan fingerprint density at radius 1 is 1.08 bits per heavy atom. The molecule has 0 saturated heterocycles. The molecule has 0 aromatic heterocycles. The average molecular weight is 382 g/mol. The smallest absolute Gasteiger partial charge is 0.363 e. The Kier molecular flexibility index (Phi) is 3.78. The molecule has 4 nitrogen and oxygen atoms in total. The number of aliphatic imine (C=N–C) groups is 1. The molecule has 0 radical (unpaired) electrons. The monoisotopic (exact) mass is 381 g/mol.